The molecule has 32 heavy (non-hydrogen) atoms. The van der Waals surface area contributed by atoms with Crippen molar-refractivity contribution in [1.82, 2.24) is 15.1 Å². The number of hydrogen-bond donors (Lipinski definition) is 2. The van der Waals surface area contributed by atoms with Gasteiger partial charge in [-0.05, 0) is 48.5 Å². The number of carbonyl (C=O) groups excluding carboxylic acids is 2. The van der Waals surface area contributed by atoms with Crippen LogP contribution >= 0.6 is 11.6 Å². The molecule has 8 nitrogen and oxygen atoms in total. The van der Waals surface area contributed by atoms with Crippen molar-refractivity contribution in [2.45, 2.75) is 0 Å². The van der Waals surface area contributed by atoms with Crippen LogP contribution in [-0.4, -0.2) is 35.8 Å². The second-order valence-corrected chi connectivity index (χ2v) is 7.16. The highest BCUT2D eigenvalue weighted by Gasteiger charge is 2.20. The fourth-order valence-corrected chi connectivity index (χ4v) is 3.35. The first-order chi connectivity index (χ1) is 15.5. The molecule has 0 bridgehead atoms. The van der Waals surface area contributed by atoms with Gasteiger partial charge in [0.15, 0.2) is 11.5 Å². The van der Waals surface area contributed by atoms with E-state index in [0.717, 1.165) is 0 Å². The Bertz CT molecular complexity index is 1280. The van der Waals surface area contributed by atoms with Gasteiger partial charge in [-0.3, -0.25) is 9.59 Å². The second kappa shape index (κ2) is 8.99. The van der Waals surface area contributed by atoms with Crippen molar-refractivity contribution in [3.8, 4) is 22.9 Å². The van der Waals surface area contributed by atoms with Gasteiger partial charge in [-0.2, -0.15) is 5.10 Å². The zero-order valence-corrected chi connectivity index (χ0v) is 18.0. The molecule has 0 spiro atoms. The summed E-state index contributed by atoms with van der Waals surface area (Å²) in [4.78, 5) is 25.3. The zero-order valence-electron chi connectivity index (χ0n) is 17.3. The number of ether oxygens (including phenoxy) is 1. The third kappa shape index (κ3) is 4.21. The van der Waals surface area contributed by atoms with Gasteiger partial charge in [0.1, 0.15) is 11.4 Å². The monoisotopic (exact) mass is 450 g/mol. The molecule has 4 rings (SSSR count). The highest BCUT2D eigenvalue weighted by Crippen LogP contribution is 2.27. The smallest absolute Gasteiger partial charge is 0.276 e. The molecule has 9 heteroatoms. The van der Waals surface area contributed by atoms with Crippen LogP contribution in [0.5, 0.6) is 5.75 Å². The molecule has 2 N–H and O–H groups in total. The molecule has 0 aliphatic carbocycles. The summed E-state index contributed by atoms with van der Waals surface area (Å²) in [5.41, 5.74) is 1.96. The Hall–Kier alpha value is -4.04. The molecule has 0 radical (unpaired) electrons. The Morgan fingerprint density at radius 2 is 1.91 bits per heavy atom. The molecule has 2 heterocycles. The second-order valence-electron chi connectivity index (χ2n) is 6.73. The first-order valence-electron chi connectivity index (χ1n) is 9.61. The molecule has 0 saturated carbocycles. The summed E-state index contributed by atoms with van der Waals surface area (Å²) in [6.45, 7) is 0. The third-order valence-corrected chi connectivity index (χ3v) is 4.95. The number of anilines is 1. The van der Waals surface area contributed by atoms with E-state index in [1.807, 2.05) is 6.07 Å². The van der Waals surface area contributed by atoms with Crippen LogP contribution in [0.2, 0.25) is 5.02 Å². The van der Waals surface area contributed by atoms with Gasteiger partial charge >= 0.3 is 0 Å². The molecule has 0 aliphatic rings. The quantitative estimate of drug-likeness (QED) is 0.453. The summed E-state index contributed by atoms with van der Waals surface area (Å²) < 4.78 is 12.3. The van der Waals surface area contributed by atoms with Crippen LogP contribution in [0.1, 0.15) is 20.8 Å². The summed E-state index contributed by atoms with van der Waals surface area (Å²) in [7, 11) is 3.01. The average molecular weight is 451 g/mol. The number of halogens is 1. The van der Waals surface area contributed by atoms with Crippen LogP contribution < -0.4 is 15.4 Å². The normalized spacial score (nSPS) is 10.6. The number of methoxy groups -OCH3 is 1. The van der Waals surface area contributed by atoms with E-state index in [4.69, 9.17) is 20.8 Å². The fraction of sp³-hybridized carbons (Fsp3) is 0.0870. The maximum Gasteiger partial charge on any atom is 0.276 e. The molecular formula is C23H19ClN4O4. The lowest BCUT2D eigenvalue weighted by molar-refractivity contribution is 0.0963. The van der Waals surface area contributed by atoms with Gasteiger partial charge in [-0.25, -0.2) is 4.68 Å². The number of amides is 2. The summed E-state index contributed by atoms with van der Waals surface area (Å²) in [5, 5.41) is 10.3. The minimum atomic E-state index is -0.492. The van der Waals surface area contributed by atoms with Gasteiger partial charge in [-0.1, -0.05) is 17.7 Å². The molecule has 0 unspecified atom stereocenters. The lowest BCUT2D eigenvalue weighted by Crippen LogP contribution is -2.22. The number of furan rings is 1. The van der Waals surface area contributed by atoms with E-state index in [9.17, 15) is 9.59 Å². The van der Waals surface area contributed by atoms with Crippen LogP contribution in [0.15, 0.2) is 71.3 Å². The number of benzene rings is 2. The van der Waals surface area contributed by atoms with Gasteiger partial charge in [0.2, 0.25) is 0 Å². The molecular weight excluding hydrogens is 432 g/mol. The van der Waals surface area contributed by atoms with Crippen LogP contribution in [0, 0.1) is 0 Å². The van der Waals surface area contributed by atoms with Crippen molar-refractivity contribution in [3.05, 3.63) is 83.2 Å². The Labute approximate surface area is 188 Å². The third-order valence-electron chi connectivity index (χ3n) is 4.72. The van der Waals surface area contributed by atoms with E-state index < -0.39 is 5.91 Å². The summed E-state index contributed by atoms with van der Waals surface area (Å²) in [5.74, 6) is 0.174. The van der Waals surface area contributed by atoms with Crippen LogP contribution in [-0.2, 0) is 0 Å². The van der Waals surface area contributed by atoms with E-state index in [2.05, 4.69) is 15.7 Å². The molecule has 4 aromatic rings. The van der Waals surface area contributed by atoms with Crippen molar-refractivity contribution in [3.63, 3.8) is 0 Å². The van der Waals surface area contributed by atoms with Crippen molar-refractivity contribution in [2.75, 3.05) is 19.5 Å². The zero-order chi connectivity index (χ0) is 22.7. The van der Waals surface area contributed by atoms with Gasteiger partial charge in [0.25, 0.3) is 11.8 Å². The van der Waals surface area contributed by atoms with Crippen LogP contribution in [0.3, 0.4) is 0 Å². The molecule has 0 saturated heterocycles. The Morgan fingerprint density at radius 1 is 1.06 bits per heavy atom. The minimum Gasteiger partial charge on any atom is -0.497 e. The lowest BCUT2D eigenvalue weighted by Gasteiger charge is -2.11. The predicted octanol–water partition coefficient (Wildman–Crippen LogP) is 4.41. The SMILES string of the molecule is CNC(=O)c1cc(OC)ccc1NC(=O)c1cc(-c2ccco2)n(-c2cccc(Cl)c2)n1. The highest BCUT2D eigenvalue weighted by molar-refractivity contribution is 6.30. The molecule has 2 amide bonds. The van der Waals surface area contributed by atoms with Gasteiger partial charge in [0, 0.05) is 18.1 Å². The van der Waals surface area contributed by atoms with Gasteiger partial charge in [0.05, 0.1) is 30.3 Å². The maximum atomic E-state index is 13.1. The van der Waals surface area contributed by atoms with Crippen molar-refractivity contribution >= 4 is 29.1 Å². The van der Waals surface area contributed by atoms with E-state index in [1.165, 1.54) is 20.4 Å². The van der Waals surface area contributed by atoms with Crippen LogP contribution in [0.4, 0.5) is 5.69 Å². The maximum absolute atomic E-state index is 13.1. The Balaban J connectivity index is 1.73. The average Bonchev–Trinajstić information content (AvgIpc) is 3.49. The molecule has 162 valence electrons. The standard InChI is InChI=1S/C23H19ClN4O4/c1-25-22(29)17-12-16(31-2)8-9-18(17)26-23(30)19-13-20(21-7-4-10-32-21)28(27-19)15-6-3-5-14(24)11-15/h3-13H,1-2H3,(H,25,29)(H,26,30). The lowest BCUT2D eigenvalue weighted by atomic mass is 10.1. The van der Waals surface area contributed by atoms with E-state index >= 15 is 0 Å². The predicted molar refractivity (Wildman–Crippen MR) is 121 cm³/mol. The number of nitrogens with one attached hydrogen (secondary N) is 2. The number of rotatable bonds is 6. The molecule has 0 atom stereocenters. The summed E-state index contributed by atoms with van der Waals surface area (Å²) in [6, 6.07) is 17.0. The van der Waals surface area contributed by atoms with Crippen LogP contribution in [0.25, 0.3) is 17.1 Å². The van der Waals surface area contributed by atoms with Gasteiger partial charge in [-0.15, -0.1) is 0 Å². The van der Waals surface area contributed by atoms with Crippen molar-refractivity contribution < 1.29 is 18.7 Å². The summed E-state index contributed by atoms with van der Waals surface area (Å²) >= 11 is 6.14. The largest absolute Gasteiger partial charge is 0.497 e. The van der Waals surface area contributed by atoms with E-state index in [-0.39, 0.29) is 17.2 Å². The molecule has 0 aliphatic heterocycles. The van der Waals surface area contributed by atoms with Gasteiger partial charge < -0.3 is 19.8 Å². The minimum absolute atomic E-state index is 0.134. The molecule has 2 aromatic carbocycles. The van der Waals surface area contributed by atoms with E-state index in [1.54, 1.807) is 59.3 Å². The topological polar surface area (TPSA) is 98.4 Å². The first-order valence-corrected chi connectivity index (χ1v) is 9.99. The molecule has 2 aromatic heterocycles. The van der Waals surface area contributed by atoms with E-state index in [0.29, 0.717) is 33.6 Å². The fourth-order valence-electron chi connectivity index (χ4n) is 3.16. The number of nitrogens with zero attached hydrogens (tertiary/aromatic N) is 2. The highest BCUT2D eigenvalue weighted by atomic mass is 35.5. The number of hydrogen-bond acceptors (Lipinski definition) is 5. The Morgan fingerprint density at radius 3 is 2.59 bits per heavy atom. The molecule has 0 fully saturated rings. The van der Waals surface area contributed by atoms with Crippen molar-refractivity contribution in [2.24, 2.45) is 0 Å². The number of aromatic nitrogens is 2. The first kappa shape index (κ1) is 21.2. The number of carbonyl (C=O) groups is 2. The summed E-state index contributed by atoms with van der Waals surface area (Å²) in [6.07, 6.45) is 1.54. The Kier molecular flexibility index (Phi) is 5.96. The van der Waals surface area contributed by atoms with Crippen molar-refractivity contribution in [1.29, 1.82) is 0 Å².